The summed E-state index contributed by atoms with van der Waals surface area (Å²) in [5.41, 5.74) is -0.0727. The molecule has 76 valence electrons. The van der Waals surface area contributed by atoms with Crippen molar-refractivity contribution in [1.29, 1.82) is 0 Å². The van der Waals surface area contributed by atoms with Crippen LogP contribution in [0, 0.1) is 11.6 Å². The minimum absolute atomic E-state index is 0.0727. The van der Waals surface area contributed by atoms with Gasteiger partial charge in [-0.25, -0.2) is 8.78 Å². The maximum Gasteiger partial charge on any atom is 0.165 e. The van der Waals surface area contributed by atoms with Crippen LogP contribution in [0.4, 0.5) is 8.78 Å². The fourth-order valence-electron chi connectivity index (χ4n) is 1.08. The van der Waals surface area contributed by atoms with Gasteiger partial charge in [0.25, 0.3) is 0 Å². The first-order valence-corrected chi connectivity index (χ1v) is 4.73. The van der Waals surface area contributed by atoms with Gasteiger partial charge in [0.15, 0.2) is 5.78 Å². The molecule has 1 nitrogen and oxygen atoms in total. The van der Waals surface area contributed by atoms with Crippen LogP contribution in [0.3, 0.4) is 0 Å². The predicted octanol–water partition coefficient (Wildman–Crippen LogP) is 3.17. The Hall–Kier alpha value is -0.960. The van der Waals surface area contributed by atoms with E-state index in [0.29, 0.717) is 18.4 Å². The first kappa shape index (κ1) is 11.1. The second-order valence-electron chi connectivity index (χ2n) is 2.84. The van der Waals surface area contributed by atoms with E-state index in [9.17, 15) is 13.6 Å². The van der Waals surface area contributed by atoms with Gasteiger partial charge in [-0.3, -0.25) is 4.79 Å². The van der Waals surface area contributed by atoms with Crippen molar-refractivity contribution in [2.75, 3.05) is 5.88 Å². The molecule has 0 aliphatic rings. The summed E-state index contributed by atoms with van der Waals surface area (Å²) in [5.74, 6) is -1.49. The van der Waals surface area contributed by atoms with E-state index in [2.05, 4.69) is 0 Å². The van der Waals surface area contributed by atoms with Gasteiger partial charge in [-0.2, -0.15) is 0 Å². The number of alkyl halides is 1. The number of Topliss-reactive ketones (excluding diaryl/α,β-unsaturated/α-hetero) is 1. The number of carbonyl (C=O) groups is 1. The Morgan fingerprint density at radius 1 is 1.36 bits per heavy atom. The van der Waals surface area contributed by atoms with Gasteiger partial charge in [0.2, 0.25) is 0 Å². The lowest BCUT2D eigenvalue weighted by atomic mass is 10.1. The molecule has 0 spiro atoms. The number of benzene rings is 1. The molecule has 1 rings (SSSR count). The lowest BCUT2D eigenvalue weighted by molar-refractivity contribution is 0.0978. The molecule has 0 aliphatic heterocycles. The molecular formula is C10H9ClF2O. The number of hydrogen-bond acceptors (Lipinski definition) is 1. The Labute approximate surface area is 85.7 Å². The van der Waals surface area contributed by atoms with Gasteiger partial charge in [-0.1, -0.05) is 0 Å². The molecule has 0 atom stereocenters. The van der Waals surface area contributed by atoms with Gasteiger partial charge in [0, 0.05) is 18.4 Å². The highest BCUT2D eigenvalue weighted by atomic mass is 35.5. The van der Waals surface area contributed by atoms with Crippen molar-refractivity contribution < 1.29 is 13.6 Å². The summed E-state index contributed by atoms with van der Waals surface area (Å²) in [6, 6.07) is 2.92. The average molecular weight is 219 g/mol. The third-order valence-corrected chi connectivity index (χ3v) is 2.04. The molecule has 0 heterocycles. The zero-order valence-electron chi connectivity index (χ0n) is 7.40. The predicted molar refractivity (Wildman–Crippen MR) is 50.6 cm³/mol. The van der Waals surface area contributed by atoms with Crippen LogP contribution in [0.15, 0.2) is 18.2 Å². The van der Waals surface area contributed by atoms with Crippen molar-refractivity contribution in [2.24, 2.45) is 0 Å². The van der Waals surface area contributed by atoms with Crippen molar-refractivity contribution in [1.82, 2.24) is 0 Å². The maximum absolute atomic E-state index is 13.0. The molecule has 0 aliphatic carbocycles. The lowest BCUT2D eigenvalue weighted by Crippen LogP contribution is -2.03. The Kier molecular flexibility index (Phi) is 4.01. The van der Waals surface area contributed by atoms with Crippen molar-refractivity contribution in [2.45, 2.75) is 12.8 Å². The summed E-state index contributed by atoms with van der Waals surface area (Å²) in [7, 11) is 0. The lowest BCUT2D eigenvalue weighted by Gasteiger charge is -2.01. The number of halogens is 3. The second kappa shape index (κ2) is 5.05. The molecule has 14 heavy (non-hydrogen) atoms. The molecule has 4 heteroatoms. The number of carbonyl (C=O) groups excluding carboxylic acids is 1. The monoisotopic (exact) mass is 218 g/mol. The third kappa shape index (κ3) is 2.77. The van der Waals surface area contributed by atoms with E-state index in [-0.39, 0.29) is 17.8 Å². The molecule has 0 bridgehead atoms. The minimum Gasteiger partial charge on any atom is -0.294 e. The second-order valence-corrected chi connectivity index (χ2v) is 3.22. The molecule has 0 saturated heterocycles. The molecule has 0 saturated carbocycles. The Morgan fingerprint density at radius 2 is 2.07 bits per heavy atom. The van der Waals surface area contributed by atoms with Gasteiger partial charge in [0.1, 0.15) is 11.6 Å². The molecule has 0 aromatic heterocycles. The van der Waals surface area contributed by atoms with Crippen molar-refractivity contribution in [3.8, 4) is 0 Å². The van der Waals surface area contributed by atoms with Crippen molar-refractivity contribution >= 4 is 17.4 Å². The van der Waals surface area contributed by atoms with Crippen molar-refractivity contribution in [3.63, 3.8) is 0 Å². The van der Waals surface area contributed by atoms with E-state index >= 15 is 0 Å². The number of ketones is 1. The first-order chi connectivity index (χ1) is 6.65. The highest BCUT2D eigenvalue weighted by molar-refractivity contribution is 6.18. The summed E-state index contributed by atoms with van der Waals surface area (Å²) in [6.45, 7) is 0. The third-order valence-electron chi connectivity index (χ3n) is 1.77. The average Bonchev–Trinajstić information content (AvgIpc) is 2.14. The van der Waals surface area contributed by atoms with E-state index in [0.717, 1.165) is 12.1 Å². The van der Waals surface area contributed by atoms with Crippen LogP contribution in [-0.2, 0) is 0 Å². The quantitative estimate of drug-likeness (QED) is 0.561. The zero-order chi connectivity index (χ0) is 10.6. The standard InChI is InChI=1S/C10H9ClF2O/c11-5-1-2-10(14)8-4-3-7(12)6-9(8)13/h3-4,6H,1-2,5H2. The van der Waals surface area contributed by atoms with E-state index in [1.807, 2.05) is 0 Å². The van der Waals surface area contributed by atoms with E-state index in [1.165, 1.54) is 0 Å². The Balaban J connectivity index is 2.80. The summed E-state index contributed by atoms with van der Waals surface area (Å²) < 4.78 is 25.5. The largest absolute Gasteiger partial charge is 0.294 e. The minimum atomic E-state index is -0.815. The zero-order valence-corrected chi connectivity index (χ0v) is 8.15. The summed E-state index contributed by atoms with van der Waals surface area (Å²) in [6.07, 6.45) is 0.684. The summed E-state index contributed by atoms with van der Waals surface area (Å²) in [4.78, 5) is 11.3. The molecule has 0 radical (unpaired) electrons. The SMILES string of the molecule is O=C(CCCCl)c1ccc(F)cc1F. The van der Waals surface area contributed by atoms with Crippen LogP contribution < -0.4 is 0 Å². The van der Waals surface area contributed by atoms with Crippen LogP contribution in [0.2, 0.25) is 0 Å². The molecule has 0 N–H and O–H groups in total. The van der Waals surface area contributed by atoms with Gasteiger partial charge >= 0.3 is 0 Å². The van der Waals surface area contributed by atoms with E-state index in [1.54, 1.807) is 0 Å². The first-order valence-electron chi connectivity index (χ1n) is 4.19. The smallest absolute Gasteiger partial charge is 0.165 e. The number of hydrogen-bond donors (Lipinski definition) is 0. The fraction of sp³-hybridized carbons (Fsp3) is 0.300. The van der Waals surface area contributed by atoms with Crippen LogP contribution in [0.5, 0.6) is 0 Å². The van der Waals surface area contributed by atoms with Crippen LogP contribution >= 0.6 is 11.6 Å². The topological polar surface area (TPSA) is 17.1 Å². The molecular weight excluding hydrogens is 210 g/mol. The van der Waals surface area contributed by atoms with Gasteiger partial charge in [-0.05, 0) is 18.6 Å². The van der Waals surface area contributed by atoms with Gasteiger partial charge in [-0.15, -0.1) is 11.6 Å². The Morgan fingerprint density at radius 3 is 2.64 bits per heavy atom. The molecule has 1 aromatic carbocycles. The number of rotatable bonds is 4. The highest BCUT2D eigenvalue weighted by Gasteiger charge is 2.11. The maximum atomic E-state index is 13.0. The van der Waals surface area contributed by atoms with Gasteiger partial charge in [0.05, 0.1) is 5.56 Å². The van der Waals surface area contributed by atoms with E-state index in [4.69, 9.17) is 11.6 Å². The molecule has 0 unspecified atom stereocenters. The van der Waals surface area contributed by atoms with E-state index < -0.39 is 11.6 Å². The highest BCUT2D eigenvalue weighted by Crippen LogP contribution is 2.12. The molecule has 1 aromatic rings. The molecule has 0 fully saturated rings. The van der Waals surface area contributed by atoms with Crippen LogP contribution in [-0.4, -0.2) is 11.7 Å². The van der Waals surface area contributed by atoms with Gasteiger partial charge < -0.3 is 0 Å². The normalized spacial score (nSPS) is 10.2. The Bertz CT molecular complexity index is 339. The summed E-state index contributed by atoms with van der Waals surface area (Å²) >= 11 is 5.39. The summed E-state index contributed by atoms with van der Waals surface area (Å²) in [5, 5.41) is 0. The fourth-order valence-corrected chi connectivity index (χ4v) is 1.21. The van der Waals surface area contributed by atoms with Crippen LogP contribution in [0.25, 0.3) is 0 Å². The van der Waals surface area contributed by atoms with Crippen molar-refractivity contribution in [3.05, 3.63) is 35.4 Å². The van der Waals surface area contributed by atoms with Crippen LogP contribution in [0.1, 0.15) is 23.2 Å². The molecule has 0 amide bonds.